The highest BCUT2D eigenvalue weighted by Gasteiger charge is 2.28. The third-order valence-corrected chi connectivity index (χ3v) is 9.57. The van der Waals surface area contributed by atoms with Crippen LogP contribution in [-0.4, -0.2) is 171 Å². The number of carbonyl (C=O) groups excluding carboxylic acids is 3. The molecule has 1 heterocycles. The quantitative estimate of drug-likeness (QED) is 0.0899. The van der Waals surface area contributed by atoms with E-state index in [9.17, 15) is 54.0 Å². The van der Waals surface area contributed by atoms with E-state index in [4.69, 9.17) is 5.11 Å². The van der Waals surface area contributed by atoms with E-state index in [1.54, 1.807) is 51.1 Å². The molecule has 1 aliphatic rings. The molecule has 0 saturated carbocycles. The molecule has 2 aromatic carbocycles. The number of phenols is 1. The first-order chi connectivity index (χ1) is 27.9. The molecule has 0 aliphatic carbocycles. The number of carboxylic acids is 4. The van der Waals surface area contributed by atoms with Gasteiger partial charge in [0.1, 0.15) is 17.8 Å². The molecule has 1 saturated heterocycles. The first-order valence-electron chi connectivity index (χ1n) is 19.5. The number of carbonyl (C=O) groups is 7. The summed E-state index contributed by atoms with van der Waals surface area (Å²) in [6.45, 7) is 6.16. The predicted octanol–water partition coefficient (Wildman–Crippen LogP) is 0.429. The van der Waals surface area contributed by atoms with Crippen molar-refractivity contribution in [1.29, 1.82) is 0 Å². The lowest BCUT2D eigenvalue weighted by Gasteiger charge is -2.33. The Morgan fingerprint density at radius 3 is 1.46 bits per heavy atom. The molecule has 3 rings (SSSR count). The number of rotatable bonds is 20. The van der Waals surface area contributed by atoms with Crippen molar-refractivity contribution >= 4 is 47.3 Å². The molecular formula is C40H57N7O12. The number of hydrogen-bond donors (Lipinski definition) is 8. The maximum atomic E-state index is 13.8. The number of phenolic OH excluding ortho intramolecular Hbond substituents is 1. The molecule has 1 aliphatic heterocycles. The standard InChI is InChI=1S/C40H57N7O12/c1-27(2)21-32(42-34(49)11-12-35(50)51)40(59)43-33(22-28-5-9-31(48)10-6-28)39(58)41-30-7-3-29(4-8-30)23-44-13-15-45(24-36(52)53)17-19-47(26-38(56)57)20-18-46(16-14-44)25-37(54)55/h3-10,27,32-33,48H,11-26H2,1-2H3,(H,41,58)(H,42,49)(H,43,59)(H,50,51)(H,52,53)(H,54,55)(H,56,57)/t32-,33-/m0/s1. The second kappa shape index (κ2) is 24.3. The monoisotopic (exact) mass is 827 g/mol. The van der Waals surface area contributed by atoms with Gasteiger partial charge >= 0.3 is 23.9 Å². The van der Waals surface area contributed by atoms with Crippen LogP contribution >= 0.6 is 0 Å². The van der Waals surface area contributed by atoms with Crippen LogP contribution in [0, 0.1) is 5.92 Å². The van der Waals surface area contributed by atoms with Crippen LogP contribution in [0.25, 0.3) is 0 Å². The molecule has 0 spiro atoms. The number of anilines is 1. The van der Waals surface area contributed by atoms with Gasteiger partial charge in [-0.3, -0.25) is 53.2 Å². The van der Waals surface area contributed by atoms with Crippen LogP contribution < -0.4 is 16.0 Å². The lowest BCUT2D eigenvalue weighted by atomic mass is 10.0. The van der Waals surface area contributed by atoms with Gasteiger partial charge in [0.2, 0.25) is 17.7 Å². The highest BCUT2D eigenvalue weighted by Crippen LogP contribution is 2.16. The van der Waals surface area contributed by atoms with Gasteiger partial charge in [-0.15, -0.1) is 0 Å². The number of hydrogen-bond acceptors (Lipinski definition) is 12. The SMILES string of the molecule is CC(C)C[C@H](NC(=O)CCC(=O)O)C(=O)N[C@@H](Cc1ccc(O)cc1)C(=O)Nc1ccc(CN2CCN(CC(=O)O)CCN(CC(=O)O)CCN(CC(=O)O)CC2)cc1. The first kappa shape index (κ1) is 47.7. The molecule has 3 amide bonds. The topological polar surface area (TPSA) is 270 Å². The van der Waals surface area contributed by atoms with E-state index in [0.717, 1.165) is 5.56 Å². The number of benzene rings is 2. The zero-order chi connectivity index (χ0) is 43.5. The number of aromatic hydroxyl groups is 1. The van der Waals surface area contributed by atoms with E-state index >= 15 is 0 Å². The van der Waals surface area contributed by atoms with Crippen LogP contribution in [0.5, 0.6) is 5.75 Å². The normalized spacial score (nSPS) is 16.2. The molecule has 2 atom stereocenters. The van der Waals surface area contributed by atoms with Crippen molar-refractivity contribution in [3.8, 4) is 5.75 Å². The molecule has 59 heavy (non-hydrogen) atoms. The van der Waals surface area contributed by atoms with Gasteiger partial charge in [-0.05, 0) is 47.7 Å². The summed E-state index contributed by atoms with van der Waals surface area (Å²) in [5.74, 6) is -6.01. The van der Waals surface area contributed by atoms with Gasteiger partial charge in [-0.2, -0.15) is 0 Å². The molecule has 2 aromatic rings. The van der Waals surface area contributed by atoms with Crippen molar-refractivity contribution < 1.29 is 59.1 Å². The Hall–Kier alpha value is -5.63. The van der Waals surface area contributed by atoms with Gasteiger partial charge in [0.25, 0.3) is 0 Å². The van der Waals surface area contributed by atoms with Gasteiger partial charge < -0.3 is 41.5 Å². The van der Waals surface area contributed by atoms with Gasteiger partial charge in [0.15, 0.2) is 0 Å². The van der Waals surface area contributed by atoms with Crippen LogP contribution in [0.15, 0.2) is 48.5 Å². The Morgan fingerprint density at radius 2 is 1.02 bits per heavy atom. The fourth-order valence-electron chi connectivity index (χ4n) is 6.51. The zero-order valence-electron chi connectivity index (χ0n) is 33.5. The molecule has 8 N–H and O–H groups in total. The Bertz CT molecular complexity index is 1690. The Morgan fingerprint density at radius 1 is 0.559 bits per heavy atom. The third-order valence-electron chi connectivity index (χ3n) is 9.57. The van der Waals surface area contributed by atoms with Crippen LogP contribution in [0.3, 0.4) is 0 Å². The minimum atomic E-state index is -1.15. The fourth-order valence-corrected chi connectivity index (χ4v) is 6.51. The largest absolute Gasteiger partial charge is 0.508 e. The van der Waals surface area contributed by atoms with E-state index in [0.29, 0.717) is 57.1 Å². The molecule has 324 valence electrons. The number of nitrogens with zero attached hydrogens (tertiary/aromatic N) is 4. The molecule has 0 bridgehead atoms. The van der Waals surface area contributed by atoms with Gasteiger partial charge in [-0.1, -0.05) is 38.1 Å². The summed E-state index contributed by atoms with van der Waals surface area (Å²) >= 11 is 0. The smallest absolute Gasteiger partial charge is 0.317 e. The zero-order valence-corrected chi connectivity index (χ0v) is 33.5. The van der Waals surface area contributed by atoms with Crippen molar-refractivity contribution in [2.45, 2.75) is 58.2 Å². The van der Waals surface area contributed by atoms with Gasteiger partial charge in [-0.25, -0.2) is 0 Å². The Labute approximate surface area is 342 Å². The fraction of sp³-hybridized carbons (Fsp3) is 0.525. The number of aliphatic carboxylic acids is 4. The van der Waals surface area contributed by atoms with E-state index in [1.165, 1.54) is 12.1 Å². The summed E-state index contributed by atoms with van der Waals surface area (Å²) in [5, 5.41) is 55.4. The summed E-state index contributed by atoms with van der Waals surface area (Å²) in [6.07, 6.45) is -0.444. The van der Waals surface area contributed by atoms with Crippen LogP contribution in [-0.2, 0) is 46.5 Å². The Kier molecular flexibility index (Phi) is 19.7. The van der Waals surface area contributed by atoms with E-state index in [2.05, 4.69) is 20.9 Å². The summed E-state index contributed by atoms with van der Waals surface area (Å²) in [4.78, 5) is 92.8. The van der Waals surface area contributed by atoms with Gasteiger partial charge in [0, 0.05) is 77.4 Å². The maximum absolute atomic E-state index is 13.8. The predicted molar refractivity (Wildman–Crippen MR) is 215 cm³/mol. The Balaban J connectivity index is 1.77. The van der Waals surface area contributed by atoms with E-state index < -0.39 is 60.1 Å². The molecule has 0 radical (unpaired) electrons. The summed E-state index contributed by atoms with van der Waals surface area (Å²) < 4.78 is 0. The summed E-state index contributed by atoms with van der Waals surface area (Å²) in [5.41, 5.74) is 1.91. The average molecular weight is 828 g/mol. The third kappa shape index (κ3) is 19.1. The van der Waals surface area contributed by atoms with Crippen molar-refractivity contribution in [2.75, 3.05) is 77.3 Å². The number of carboxylic acid groups (broad SMARTS) is 4. The minimum Gasteiger partial charge on any atom is -0.508 e. The number of amides is 3. The highest BCUT2D eigenvalue weighted by atomic mass is 16.4. The van der Waals surface area contributed by atoms with Crippen LogP contribution in [0.1, 0.15) is 44.2 Å². The summed E-state index contributed by atoms with van der Waals surface area (Å²) in [6, 6.07) is 11.0. The second-order valence-electron chi connectivity index (χ2n) is 15.0. The lowest BCUT2D eigenvalue weighted by molar-refractivity contribution is -0.140. The molecular weight excluding hydrogens is 770 g/mol. The first-order valence-corrected chi connectivity index (χ1v) is 19.5. The van der Waals surface area contributed by atoms with Crippen molar-refractivity contribution in [2.24, 2.45) is 5.92 Å². The summed E-state index contributed by atoms with van der Waals surface area (Å²) in [7, 11) is 0. The average Bonchev–Trinajstić information content (AvgIpc) is 3.15. The minimum absolute atomic E-state index is 0.0205. The van der Waals surface area contributed by atoms with Crippen molar-refractivity contribution in [1.82, 2.24) is 30.2 Å². The highest BCUT2D eigenvalue weighted by molar-refractivity contribution is 5.98. The van der Waals surface area contributed by atoms with Crippen molar-refractivity contribution in [3.05, 3.63) is 59.7 Å². The second-order valence-corrected chi connectivity index (χ2v) is 15.0. The van der Waals surface area contributed by atoms with Crippen LogP contribution in [0.2, 0.25) is 0 Å². The molecule has 0 aromatic heterocycles. The van der Waals surface area contributed by atoms with E-state index in [-0.39, 0.29) is 63.7 Å². The van der Waals surface area contributed by atoms with Crippen LogP contribution in [0.4, 0.5) is 5.69 Å². The number of nitrogens with one attached hydrogen (secondary N) is 3. The molecule has 19 heteroatoms. The molecule has 19 nitrogen and oxygen atoms in total. The molecule has 0 unspecified atom stereocenters. The van der Waals surface area contributed by atoms with Gasteiger partial charge in [0.05, 0.1) is 26.1 Å². The van der Waals surface area contributed by atoms with E-state index in [1.807, 2.05) is 13.8 Å². The van der Waals surface area contributed by atoms with Crippen molar-refractivity contribution in [3.63, 3.8) is 0 Å². The molecule has 1 fully saturated rings. The maximum Gasteiger partial charge on any atom is 0.317 e. The lowest BCUT2D eigenvalue weighted by Crippen LogP contribution is -2.53.